The highest BCUT2D eigenvalue weighted by Crippen LogP contribution is 2.47. The number of halogens is 1. The van der Waals surface area contributed by atoms with Crippen LogP contribution in [0.5, 0.6) is 0 Å². The van der Waals surface area contributed by atoms with Crippen LogP contribution in [0.4, 0.5) is 15.8 Å². The zero-order chi connectivity index (χ0) is 18.7. The average Bonchev–Trinajstić information content (AvgIpc) is 3.46. The van der Waals surface area contributed by atoms with Crippen LogP contribution in [0.3, 0.4) is 0 Å². The van der Waals surface area contributed by atoms with E-state index in [0.717, 1.165) is 29.7 Å². The van der Waals surface area contributed by atoms with Crippen LogP contribution in [0, 0.1) is 11.2 Å². The fourth-order valence-electron chi connectivity index (χ4n) is 3.10. The zero-order valence-electron chi connectivity index (χ0n) is 15.1. The van der Waals surface area contributed by atoms with Gasteiger partial charge in [-0.05, 0) is 61.1 Å². The highest BCUT2D eigenvalue weighted by Gasteiger charge is 2.56. The topological polar surface area (TPSA) is 58.2 Å². The van der Waals surface area contributed by atoms with E-state index < -0.39 is 5.41 Å². The molecule has 2 aromatic rings. The molecule has 0 heterocycles. The van der Waals surface area contributed by atoms with Gasteiger partial charge in [-0.25, -0.2) is 4.39 Å². The van der Waals surface area contributed by atoms with Crippen LogP contribution in [-0.2, 0) is 22.4 Å². The quantitative estimate of drug-likeness (QED) is 0.760. The minimum absolute atomic E-state index is 0.271. The van der Waals surface area contributed by atoms with Gasteiger partial charge in [-0.1, -0.05) is 32.0 Å². The minimum atomic E-state index is -1.04. The smallest absolute Gasteiger partial charge is 0.240 e. The molecule has 1 aliphatic rings. The van der Waals surface area contributed by atoms with Crippen LogP contribution in [0.25, 0.3) is 0 Å². The third kappa shape index (κ3) is 3.47. The van der Waals surface area contributed by atoms with Crippen molar-refractivity contribution in [1.82, 2.24) is 0 Å². The number of amides is 2. The van der Waals surface area contributed by atoms with Gasteiger partial charge in [-0.15, -0.1) is 0 Å². The van der Waals surface area contributed by atoms with Gasteiger partial charge in [0.25, 0.3) is 0 Å². The molecule has 1 saturated carbocycles. The Kier molecular flexibility index (Phi) is 5.07. The van der Waals surface area contributed by atoms with Crippen molar-refractivity contribution < 1.29 is 14.0 Å². The molecule has 2 aromatic carbocycles. The second kappa shape index (κ2) is 7.28. The maximum atomic E-state index is 13.0. The summed E-state index contributed by atoms with van der Waals surface area (Å²) in [6, 6.07) is 11.5. The van der Waals surface area contributed by atoms with E-state index in [1.165, 1.54) is 24.3 Å². The summed E-state index contributed by atoms with van der Waals surface area (Å²) in [7, 11) is 0. The molecule has 3 rings (SSSR count). The van der Waals surface area contributed by atoms with Gasteiger partial charge >= 0.3 is 0 Å². The number of carbonyl (C=O) groups is 2. The number of anilines is 2. The molecule has 0 unspecified atom stereocenters. The van der Waals surface area contributed by atoms with E-state index in [9.17, 15) is 14.0 Å². The number of carbonyl (C=O) groups excluding carboxylic acids is 2. The van der Waals surface area contributed by atoms with Crippen molar-refractivity contribution in [2.24, 2.45) is 5.41 Å². The van der Waals surface area contributed by atoms with Gasteiger partial charge in [0.15, 0.2) is 0 Å². The van der Waals surface area contributed by atoms with Crippen molar-refractivity contribution in [2.75, 3.05) is 10.6 Å². The van der Waals surface area contributed by atoms with Gasteiger partial charge in [0.05, 0.1) is 0 Å². The lowest BCUT2D eigenvalue weighted by Crippen LogP contribution is -2.36. The Morgan fingerprint density at radius 2 is 1.46 bits per heavy atom. The van der Waals surface area contributed by atoms with E-state index in [2.05, 4.69) is 10.6 Å². The van der Waals surface area contributed by atoms with Gasteiger partial charge < -0.3 is 10.6 Å². The summed E-state index contributed by atoms with van der Waals surface area (Å²) in [4.78, 5) is 25.5. The van der Waals surface area contributed by atoms with E-state index in [4.69, 9.17) is 0 Å². The van der Waals surface area contributed by atoms with Gasteiger partial charge in [-0.2, -0.15) is 0 Å². The predicted molar refractivity (Wildman–Crippen MR) is 101 cm³/mol. The van der Waals surface area contributed by atoms with Crippen molar-refractivity contribution in [3.8, 4) is 0 Å². The molecule has 1 fully saturated rings. The summed E-state index contributed by atoms with van der Waals surface area (Å²) < 4.78 is 13.0. The van der Waals surface area contributed by atoms with Crippen molar-refractivity contribution in [3.63, 3.8) is 0 Å². The normalized spacial score (nSPS) is 14.6. The monoisotopic (exact) mass is 354 g/mol. The first-order valence-corrected chi connectivity index (χ1v) is 8.99. The van der Waals surface area contributed by atoms with Crippen molar-refractivity contribution in [3.05, 3.63) is 59.4 Å². The molecule has 0 bridgehead atoms. The van der Waals surface area contributed by atoms with Crippen LogP contribution >= 0.6 is 0 Å². The summed E-state index contributed by atoms with van der Waals surface area (Å²) in [5, 5.41) is 5.73. The Morgan fingerprint density at radius 3 is 1.96 bits per heavy atom. The Bertz CT molecular complexity index is 804. The highest BCUT2D eigenvalue weighted by molar-refractivity contribution is 6.17. The Hall–Kier alpha value is -2.69. The molecule has 0 saturated heterocycles. The minimum Gasteiger partial charge on any atom is -0.325 e. The van der Waals surface area contributed by atoms with Crippen LogP contribution in [0.15, 0.2) is 42.5 Å². The molecular weight excluding hydrogens is 331 g/mol. The zero-order valence-corrected chi connectivity index (χ0v) is 15.1. The summed E-state index contributed by atoms with van der Waals surface area (Å²) in [5.41, 5.74) is 2.39. The summed E-state index contributed by atoms with van der Waals surface area (Å²) in [6.45, 7) is 4.08. The van der Waals surface area contributed by atoms with Crippen LogP contribution in [0.2, 0.25) is 0 Å². The third-order valence-corrected chi connectivity index (χ3v) is 4.96. The predicted octanol–water partition coefficient (Wildman–Crippen LogP) is 4.31. The SMILES string of the molecule is CCc1cccc(CC)c1NC(=O)C1(C(=O)Nc2ccc(F)cc2)CC1. The first kappa shape index (κ1) is 18.1. The lowest BCUT2D eigenvalue weighted by Gasteiger charge is -2.19. The molecule has 26 heavy (non-hydrogen) atoms. The molecule has 0 aliphatic heterocycles. The van der Waals surface area contributed by atoms with E-state index in [1.807, 2.05) is 32.0 Å². The average molecular weight is 354 g/mol. The molecule has 1 aliphatic carbocycles. The van der Waals surface area contributed by atoms with Gasteiger partial charge in [0.2, 0.25) is 11.8 Å². The molecule has 0 aromatic heterocycles. The standard InChI is InChI=1S/C21H23FN2O2/c1-3-14-6-5-7-15(4-2)18(14)24-20(26)21(12-13-21)19(25)23-17-10-8-16(22)9-11-17/h5-11H,3-4,12-13H2,1-2H3,(H,23,25)(H,24,26). The van der Waals surface area contributed by atoms with Gasteiger partial charge in [-0.3, -0.25) is 9.59 Å². The number of para-hydroxylation sites is 1. The Morgan fingerprint density at radius 1 is 0.923 bits per heavy atom. The molecule has 0 radical (unpaired) electrons. The van der Waals surface area contributed by atoms with Gasteiger partial charge in [0.1, 0.15) is 11.2 Å². The summed E-state index contributed by atoms with van der Waals surface area (Å²) in [6.07, 6.45) is 2.64. The molecule has 0 atom stereocenters. The summed E-state index contributed by atoms with van der Waals surface area (Å²) in [5.74, 6) is -0.980. The van der Waals surface area contributed by atoms with E-state index >= 15 is 0 Å². The van der Waals surface area contributed by atoms with Crippen LogP contribution in [0.1, 0.15) is 37.8 Å². The molecule has 0 spiro atoms. The number of hydrogen-bond donors (Lipinski definition) is 2. The van der Waals surface area contributed by atoms with Crippen LogP contribution < -0.4 is 10.6 Å². The number of aryl methyl sites for hydroxylation is 2. The first-order valence-electron chi connectivity index (χ1n) is 8.99. The molecule has 5 heteroatoms. The Balaban J connectivity index is 1.77. The summed E-state index contributed by atoms with van der Waals surface area (Å²) >= 11 is 0. The van der Waals surface area contributed by atoms with E-state index in [1.54, 1.807) is 0 Å². The fraction of sp³-hybridized carbons (Fsp3) is 0.333. The third-order valence-electron chi connectivity index (χ3n) is 4.96. The molecule has 2 N–H and O–H groups in total. The van der Waals surface area contributed by atoms with Crippen molar-refractivity contribution >= 4 is 23.2 Å². The first-order chi connectivity index (χ1) is 12.5. The molecule has 2 amide bonds. The number of benzene rings is 2. The lowest BCUT2D eigenvalue weighted by molar-refractivity contribution is -0.131. The number of rotatable bonds is 6. The molecular formula is C21H23FN2O2. The molecule has 136 valence electrons. The van der Waals surface area contributed by atoms with Crippen molar-refractivity contribution in [1.29, 1.82) is 0 Å². The van der Waals surface area contributed by atoms with Crippen LogP contribution in [-0.4, -0.2) is 11.8 Å². The van der Waals surface area contributed by atoms with E-state index in [0.29, 0.717) is 18.5 Å². The lowest BCUT2D eigenvalue weighted by atomic mass is 10.0. The maximum absolute atomic E-state index is 13.0. The Labute approximate surface area is 152 Å². The molecule has 4 nitrogen and oxygen atoms in total. The fourth-order valence-corrected chi connectivity index (χ4v) is 3.10. The maximum Gasteiger partial charge on any atom is 0.240 e. The largest absolute Gasteiger partial charge is 0.325 e. The second-order valence-corrected chi connectivity index (χ2v) is 6.66. The second-order valence-electron chi connectivity index (χ2n) is 6.66. The van der Waals surface area contributed by atoms with E-state index in [-0.39, 0.29) is 17.6 Å². The highest BCUT2D eigenvalue weighted by atomic mass is 19.1. The van der Waals surface area contributed by atoms with Crippen molar-refractivity contribution in [2.45, 2.75) is 39.5 Å². The number of nitrogens with one attached hydrogen (secondary N) is 2. The number of hydrogen-bond acceptors (Lipinski definition) is 2. The van der Waals surface area contributed by atoms with Gasteiger partial charge in [0, 0.05) is 11.4 Å².